The molecule has 2 atom stereocenters. The Labute approximate surface area is 203 Å². The summed E-state index contributed by atoms with van der Waals surface area (Å²) in [7, 11) is 3.10. The van der Waals surface area contributed by atoms with Gasteiger partial charge in [0.15, 0.2) is 5.17 Å². The zero-order valence-corrected chi connectivity index (χ0v) is 20.9. The van der Waals surface area contributed by atoms with E-state index in [1.807, 2.05) is 48.5 Å². The molecule has 0 N–H and O–H groups in total. The lowest BCUT2D eigenvalue weighted by molar-refractivity contribution is -0.163. The number of thioether (sulfide) groups is 1. The minimum Gasteiger partial charge on any atom is -0.313 e. The van der Waals surface area contributed by atoms with Crippen molar-refractivity contribution < 1.29 is 9.63 Å². The van der Waals surface area contributed by atoms with Crippen LogP contribution in [-0.4, -0.2) is 35.2 Å². The van der Waals surface area contributed by atoms with Crippen LogP contribution >= 0.6 is 35.0 Å². The van der Waals surface area contributed by atoms with Crippen LogP contribution < -0.4 is 0 Å². The molecule has 0 radical (unpaired) electrons. The average Bonchev–Trinajstić information content (AvgIpc) is 3.26. The van der Waals surface area contributed by atoms with E-state index in [9.17, 15) is 4.79 Å². The summed E-state index contributed by atoms with van der Waals surface area (Å²) in [6, 6.07) is 15.5. The van der Waals surface area contributed by atoms with Gasteiger partial charge in [0.05, 0.1) is 13.2 Å². The molecule has 0 bridgehead atoms. The predicted molar refractivity (Wildman–Crippen MR) is 132 cm³/mol. The third kappa shape index (κ3) is 3.83. The fraction of sp³-hybridized carbons (Fsp3) is 0.333. The summed E-state index contributed by atoms with van der Waals surface area (Å²) in [4.78, 5) is 26.3. The first-order valence-electron chi connectivity index (χ1n) is 10.3. The Morgan fingerprint density at radius 3 is 2.22 bits per heavy atom. The first-order chi connectivity index (χ1) is 15.2. The molecule has 2 aliphatic heterocycles. The van der Waals surface area contributed by atoms with E-state index in [0.29, 0.717) is 15.0 Å². The lowest BCUT2D eigenvalue weighted by atomic mass is 9.81. The van der Waals surface area contributed by atoms with Crippen molar-refractivity contribution in [3.8, 4) is 0 Å². The van der Waals surface area contributed by atoms with Gasteiger partial charge in [-0.1, -0.05) is 61.3 Å². The highest BCUT2D eigenvalue weighted by molar-refractivity contribution is 8.18. The Morgan fingerprint density at radius 1 is 1.12 bits per heavy atom. The van der Waals surface area contributed by atoms with Gasteiger partial charge in [-0.25, -0.2) is 10.1 Å². The number of hydrogen-bond acceptors (Lipinski definition) is 5. The second-order valence-corrected chi connectivity index (χ2v) is 10.2. The Balaban J connectivity index is 1.89. The van der Waals surface area contributed by atoms with Crippen molar-refractivity contribution in [1.82, 2.24) is 9.96 Å². The molecule has 0 unspecified atom stereocenters. The number of halogens is 2. The molecule has 32 heavy (non-hydrogen) atoms. The topological polar surface area (TPSA) is 45.1 Å². The first-order valence-corrected chi connectivity index (χ1v) is 11.9. The standard InChI is InChI=1S/C24H25Cl2N3O2S/c1-14(2)19-20(22(30)28(4)31-5)32-23-27-24(3,16-8-12-18(26)13-9-16)21(29(19)23)15-6-10-17(25)11-7-15/h6-14,21H,1-5H3/t21-,24+/m1/s1. The molecule has 168 valence electrons. The van der Waals surface area contributed by atoms with Crippen LogP contribution in [0.15, 0.2) is 64.1 Å². The van der Waals surface area contributed by atoms with Crippen molar-refractivity contribution in [1.29, 1.82) is 0 Å². The van der Waals surface area contributed by atoms with Crippen LogP contribution in [0.3, 0.4) is 0 Å². The molecule has 0 fully saturated rings. The molecule has 4 rings (SSSR count). The van der Waals surface area contributed by atoms with Gasteiger partial charge < -0.3 is 4.90 Å². The molecule has 0 saturated carbocycles. The van der Waals surface area contributed by atoms with Crippen LogP contribution in [0, 0.1) is 5.92 Å². The average molecular weight is 490 g/mol. The van der Waals surface area contributed by atoms with E-state index < -0.39 is 5.54 Å². The third-order valence-corrected chi connectivity index (χ3v) is 7.49. The number of carbonyl (C=O) groups is 1. The maximum Gasteiger partial charge on any atom is 0.285 e. The maximum atomic E-state index is 13.1. The van der Waals surface area contributed by atoms with E-state index in [4.69, 9.17) is 33.0 Å². The number of likely N-dealkylation sites (N-methyl/N-ethyl adjacent to an activating group) is 1. The van der Waals surface area contributed by atoms with Crippen LogP contribution in [0.2, 0.25) is 10.0 Å². The van der Waals surface area contributed by atoms with Crippen molar-refractivity contribution in [3.05, 3.63) is 80.3 Å². The summed E-state index contributed by atoms with van der Waals surface area (Å²) in [5.74, 6) is -0.0804. The first kappa shape index (κ1) is 23.2. The zero-order chi connectivity index (χ0) is 23.2. The number of carbonyl (C=O) groups excluding carboxylic acids is 1. The largest absolute Gasteiger partial charge is 0.313 e. The van der Waals surface area contributed by atoms with Gasteiger partial charge in [0.1, 0.15) is 10.4 Å². The molecule has 2 aliphatic rings. The number of amidine groups is 1. The highest BCUT2D eigenvalue weighted by Crippen LogP contribution is 2.56. The summed E-state index contributed by atoms with van der Waals surface area (Å²) in [6.45, 7) is 6.31. The monoisotopic (exact) mass is 489 g/mol. The smallest absolute Gasteiger partial charge is 0.285 e. The lowest BCUT2D eigenvalue weighted by Gasteiger charge is -2.37. The highest BCUT2D eigenvalue weighted by atomic mass is 35.5. The highest BCUT2D eigenvalue weighted by Gasteiger charge is 2.53. The van der Waals surface area contributed by atoms with E-state index in [0.717, 1.165) is 22.0 Å². The van der Waals surface area contributed by atoms with Crippen LogP contribution in [0.1, 0.15) is 37.9 Å². The SMILES string of the molecule is CON(C)C(=O)C1=C(C(C)C)N2C(=N[C@@](C)(c3ccc(Cl)cc3)[C@H]2c2ccc(Cl)cc2)S1. The minimum atomic E-state index is -0.581. The van der Waals surface area contributed by atoms with Gasteiger partial charge in [-0.2, -0.15) is 0 Å². The van der Waals surface area contributed by atoms with E-state index in [-0.39, 0.29) is 17.9 Å². The van der Waals surface area contributed by atoms with E-state index in [1.165, 1.54) is 23.9 Å². The second kappa shape index (κ2) is 8.75. The Kier molecular flexibility index (Phi) is 6.34. The second-order valence-electron chi connectivity index (χ2n) is 8.33. The number of amides is 1. The summed E-state index contributed by atoms with van der Waals surface area (Å²) in [5.41, 5.74) is 2.48. The van der Waals surface area contributed by atoms with Crippen molar-refractivity contribution in [3.63, 3.8) is 0 Å². The molecule has 0 aliphatic carbocycles. The number of aliphatic imine (C=N–C) groups is 1. The summed E-state index contributed by atoms with van der Waals surface area (Å²) < 4.78 is 0. The lowest BCUT2D eigenvalue weighted by Crippen LogP contribution is -2.36. The van der Waals surface area contributed by atoms with Crippen molar-refractivity contribution in [2.45, 2.75) is 32.4 Å². The molecular weight excluding hydrogens is 465 g/mol. The minimum absolute atomic E-state index is 0.0989. The van der Waals surface area contributed by atoms with Gasteiger partial charge in [-0.15, -0.1) is 0 Å². The fourth-order valence-electron chi connectivity index (χ4n) is 4.29. The molecule has 2 aromatic carbocycles. The van der Waals surface area contributed by atoms with E-state index in [1.54, 1.807) is 7.05 Å². The molecule has 0 spiro atoms. The van der Waals surface area contributed by atoms with Crippen molar-refractivity contribution in [2.24, 2.45) is 10.9 Å². The maximum absolute atomic E-state index is 13.1. The van der Waals surface area contributed by atoms with E-state index in [2.05, 4.69) is 25.7 Å². The predicted octanol–water partition coefficient (Wildman–Crippen LogP) is 6.26. The van der Waals surface area contributed by atoms with Crippen molar-refractivity contribution in [2.75, 3.05) is 14.2 Å². The molecule has 0 aromatic heterocycles. The molecular formula is C24H25Cl2N3O2S. The van der Waals surface area contributed by atoms with Gasteiger partial charge in [0, 0.05) is 22.8 Å². The number of hydroxylamine groups is 2. The molecule has 8 heteroatoms. The zero-order valence-electron chi connectivity index (χ0n) is 18.6. The fourth-order valence-corrected chi connectivity index (χ4v) is 5.92. The summed E-state index contributed by atoms with van der Waals surface area (Å²) >= 11 is 13.8. The van der Waals surface area contributed by atoms with Gasteiger partial charge in [0.2, 0.25) is 0 Å². The van der Waals surface area contributed by atoms with Crippen LogP contribution in [-0.2, 0) is 15.2 Å². The molecule has 5 nitrogen and oxygen atoms in total. The quantitative estimate of drug-likeness (QED) is 0.465. The number of allylic oxidation sites excluding steroid dienone is 1. The summed E-state index contributed by atoms with van der Waals surface area (Å²) in [5, 5.41) is 3.41. The third-order valence-electron chi connectivity index (χ3n) is 5.93. The molecule has 0 saturated heterocycles. The Hall–Kier alpha value is -1.99. The molecule has 2 aromatic rings. The Morgan fingerprint density at radius 2 is 1.69 bits per heavy atom. The van der Waals surface area contributed by atoms with E-state index >= 15 is 0 Å². The number of nitrogens with zero attached hydrogens (tertiary/aromatic N) is 3. The normalized spacial score (nSPS) is 22.4. The van der Waals surface area contributed by atoms with Crippen molar-refractivity contribution >= 4 is 46.0 Å². The van der Waals surface area contributed by atoms with Gasteiger partial charge in [0.25, 0.3) is 5.91 Å². The van der Waals surface area contributed by atoms with Gasteiger partial charge in [-0.05, 0) is 60.0 Å². The summed E-state index contributed by atoms with van der Waals surface area (Å²) in [6.07, 6.45) is 0. The number of rotatable bonds is 5. The molecule has 2 heterocycles. The number of fused-ring (bicyclic) bond motifs is 1. The van der Waals surface area contributed by atoms with Crippen LogP contribution in [0.25, 0.3) is 0 Å². The van der Waals surface area contributed by atoms with Crippen LogP contribution in [0.5, 0.6) is 0 Å². The Bertz CT molecular complexity index is 1100. The molecule has 1 amide bonds. The number of hydrogen-bond donors (Lipinski definition) is 0. The van der Waals surface area contributed by atoms with Gasteiger partial charge >= 0.3 is 0 Å². The van der Waals surface area contributed by atoms with Gasteiger partial charge in [-0.3, -0.25) is 9.63 Å². The number of benzene rings is 2. The van der Waals surface area contributed by atoms with Crippen LogP contribution in [0.4, 0.5) is 0 Å².